The summed E-state index contributed by atoms with van der Waals surface area (Å²) in [5.41, 5.74) is 10.0. The van der Waals surface area contributed by atoms with Gasteiger partial charge in [0.1, 0.15) is 0 Å². The number of benzene rings is 1. The standard InChI is InChI=1S/C17H30N2O3/c1-11(20)6-16-14(8-18)4-5-15(10-19-9-13(3)22)17(16)7-12(2)21/h4-5,11-13,19-22H,6-10,18H2,1-3H3. The molecule has 1 aromatic rings. The van der Waals surface area contributed by atoms with Crippen molar-refractivity contribution in [3.8, 4) is 0 Å². The summed E-state index contributed by atoms with van der Waals surface area (Å²) in [4.78, 5) is 0. The normalized spacial score (nSPS) is 15.6. The highest BCUT2D eigenvalue weighted by molar-refractivity contribution is 5.42. The first-order chi connectivity index (χ1) is 10.3. The van der Waals surface area contributed by atoms with Crippen LogP contribution in [-0.4, -0.2) is 40.2 Å². The van der Waals surface area contributed by atoms with Gasteiger partial charge in [0, 0.05) is 19.6 Å². The summed E-state index contributed by atoms with van der Waals surface area (Å²) in [7, 11) is 0. The molecule has 0 radical (unpaired) electrons. The Morgan fingerprint density at radius 2 is 1.41 bits per heavy atom. The summed E-state index contributed by atoms with van der Waals surface area (Å²) in [5, 5.41) is 32.1. The van der Waals surface area contributed by atoms with Crippen molar-refractivity contribution >= 4 is 0 Å². The largest absolute Gasteiger partial charge is 0.393 e. The molecule has 3 unspecified atom stereocenters. The lowest BCUT2D eigenvalue weighted by molar-refractivity contribution is 0.187. The second-order valence-corrected chi connectivity index (χ2v) is 6.13. The van der Waals surface area contributed by atoms with E-state index in [0.717, 1.165) is 22.3 Å². The molecule has 5 nitrogen and oxygen atoms in total. The van der Waals surface area contributed by atoms with Crippen LogP contribution in [0.4, 0.5) is 0 Å². The first kappa shape index (κ1) is 19.1. The Morgan fingerprint density at radius 3 is 1.86 bits per heavy atom. The van der Waals surface area contributed by atoms with Crippen molar-refractivity contribution in [2.75, 3.05) is 6.54 Å². The number of hydrogen-bond donors (Lipinski definition) is 5. The molecule has 0 heterocycles. The fraction of sp³-hybridized carbons (Fsp3) is 0.647. The molecule has 0 aliphatic carbocycles. The van der Waals surface area contributed by atoms with E-state index in [1.165, 1.54) is 0 Å². The molecule has 0 bridgehead atoms. The summed E-state index contributed by atoms with van der Waals surface area (Å²) >= 11 is 0. The van der Waals surface area contributed by atoms with Crippen molar-refractivity contribution in [2.24, 2.45) is 5.73 Å². The van der Waals surface area contributed by atoms with Gasteiger partial charge in [-0.05, 0) is 55.9 Å². The van der Waals surface area contributed by atoms with E-state index in [2.05, 4.69) is 5.32 Å². The van der Waals surface area contributed by atoms with Crippen LogP contribution in [-0.2, 0) is 25.9 Å². The predicted molar refractivity (Wildman–Crippen MR) is 88.5 cm³/mol. The molecule has 1 rings (SSSR count). The molecule has 0 spiro atoms. The van der Waals surface area contributed by atoms with Crippen molar-refractivity contribution in [3.63, 3.8) is 0 Å². The number of nitrogens with two attached hydrogens (primary N) is 1. The van der Waals surface area contributed by atoms with E-state index in [0.29, 0.717) is 32.5 Å². The molecule has 0 aliphatic heterocycles. The fourth-order valence-electron chi connectivity index (χ4n) is 2.66. The fourth-order valence-corrected chi connectivity index (χ4v) is 2.66. The van der Waals surface area contributed by atoms with Crippen LogP contribution in [0.1, 0.15) is 43.0 Å². The first-order valence-electron chi connectivity index (χ1n) is 7.92. The van der Waals surface area contributed by atoms with Gasteiger partial charge in [-0.2, -0.15) is 0 Å². The second kappa shape index (κ2) is 9.22. The zero-order chi connectivity index (χ0) is 16.7. The van der Waals surface area contributed by atoms with Gasteiger partial charge in [0.2, 0.25) is 0 Å². The van der Waals surface area contributed by atoms with Gasteiger partial charge in [-0.25, -0.2) is 0 Å². The maximum atomic E-state index is 9.81. The maximum Gasteiger partial charge on any atom is 0.0636 e. The summed E-state index contributed by atoms with van der Waals surface area (Å²) in [5.74, 6) is 0. The van der Waals surface area contributed by atoms with E-state index < -0.39 is 18.3 Å². The first-order valence-corrected chi connectivity index (χ1v) is 7.92. The summed E-state index contributed by atoms with van der Waals surface area (Å²) in [6, 6.07) is 4.00. The van der Waals surface area contributed by atoms with Crippen LogP contribution in [0, 0.1) is 0 Å². The van der Waals surface area contributed by atoms with Crippen LogP contribution in [0.25, 0.3) is 0 Å². The highest BCUT2D eigenvalue weighted by Crippen LogP contribution is 2.23. The van der Waals surface area contributed by atoms with Gasteiger partial charge in [0.05, 0.1) is 18.3 Å². The summed E-state index contributed by atoms with van der Waals surface area (Å²) in [6.45, 7) is 6.79. The minimum atomic E-state index is -0.462. The molecule has 3 atom stereocenters. The molecule has 126 valence electrons. The molecule has 0 aliphatic rings. The van der Waals surface area contributed by atoms with Crippen LogP contribution >= 0.6 is 0 Å². The Labute approximate surface area is 133 Å². The third kappa shape index (κ3) is 6.02. The molecule has 0 fully saturated rings. The maximum absolute atomic E-state index is 9.81. The molecule has 1 aromatic carbocycles. The molecule has 22 heavy (non-hydrogen) atoms. The van der Waals surface area contributed by atoms with Gasteiger partial charge in [-0.15, -0.1) is 0 Å². The van der Waals surface area contributed by atoms with Crippen molar-refractivity contribution in [2.45, 2.75) is 65.0 Å². The van der Waals surface area contributed by atoms with E-state index >= 15 is 0 Å². The van der Waals surface area contributed by atoms with Crippen molar-refractivity contribution < 1.29 is 15.3 Å². The predicted octanol–water partition coefficient (Wildman–Crippen LogP) is 0.462. The van der Waals surface area contributed by atoms with Crippen LogP contribution < -0.4 is 11.1 Å². The quantitative estimate of drug-likeness (QED) is 0.456. The van der Waals surface area contributed by atoms with Crippen LogP contribution in [0.15, 0.2) is 12.1 Å². The molecule has 0 amide bonds. The summed E-state index contributed by atoms with van der Waals surface area (Å²) in [6.07, 6.45) is -0.268. The molecule has 0 saturated heterocycles. The monoisotopic (exact) mass is 310 g/mol. The Bertz CT molecular complexity index is 459. The average molecular weight is 310 g/mol. The zero-order valence-electron chi connectivity index (χ0n) is 13.8. The van der Waals surface area contributed by atoms with Gasteiger partial charge in [-0.3, -0.25) is 0 Å². The van der Waals surface area contributed by atoms with Crippen LogP contribution in [0.2, 0.25) is 0 Å². The Hall–Kier alpha value is -0.980. The highest BCUT2D eigenvalue weighted by atomic mass is 16.3. The number of nitrogens with one attached hydrogen (secondary N) is 1. The van der Waals surface area contributed by atoms with Gasteiger partial charge in [-0.1, -0.05) is 12.1 Å². The van der Waals surface area contributed by atoms with E-state index in [-0.39, 0.29) is 0 Å². The lowest BCUT2D eigenvalue weighted by atomic mass is 9.89. The number of aliphatic hydroxyl groups excluding tert-OH is 3. The molecular weight excluding hydrogens is 280 g/mol. The molecular formula is C17H30N2O3. The summed E-state index contributed by atoms with van der Waals surface area (Å²) < 4.78 is 0. The lowest BCUT2D eigenvalue weighted by Gasteiger charge is -2.21. The number of rotatable bonds is 9. The van der Waals surface area contributed by atoms with E-state index in [1.54, 1.807) is 20.8 Å². The minimum Gasteiger partial charge on any atom is -0.393 e. The highest BCUT2D eigenvalue weighted by Gasteiger charge is 2.16. The van der Waals surface area contributed by atoms with Gasteiger partial charge < -0.3 is 26.4 Å². The molecule has 5 heteroatoms. The van der Waals surface area contributed by atoms with Crippen molar-refractivity contribution in [3.05, 3.63) is 34.4 Å². The minimum absolute atomic E-state index is 0.402. The Balaban J connectivity index is 3.12. The third-order valence-electron chi connectivity index (χ3n) is 3.60. The average Bonchev–Trinajstić information content (AvgIpc) is 2.40. The van der Waals surface area contributed by atoms with E-state index in [1.807, 2.05) is 12.1 Å². The van der Waals surface area contributed by atoms with Gasteiger partial charge >= 0.3 is 0 Å². The van der Waals surface area contributed by atoms with Gasteiger partial charge in [0.25, 0.3) is 0 Å². The number of aliphatic hydroxyl groups is 3. The Morgan fingerprint density at radius 1 is 0.909 bits per heavy atom. The zero-order valence-corrected chi connectivity index (χ0v) is 13.8. The van der Waals surface area contributed by atoms with Crippen LogP contribution in [0.3, 0.4) is 0 Å². The second-order valence-electron chi connectivity index (χ2n) is 6.13. The van der Waals surface area contributed by atoms with E-state index in [4.69, 9.17) is 5.73 Å². The topological polar surface area (TPSA) is 98.7 Å². The SMILES string of the molecule is CC(O)CNCc1ccc(CN)c(CC(C)O)c1CC(C)O. The molecule has 0 aromatic heterocycles. The Kier molecular flexibility index (Phi) is 8.00. The molecule has 6 N–H and O–H groups in total. The van der Waals surface area contributed by atoms with Gasteiger partial charge in [0.15, 0.2) is 0 Å². The smallest absolute Gasteiger partial charge is 0.0636 e. The number of hydrogen-bond acceptors (Lipinski definition) is 5. The van der Waals surface area contributed by atoms with Crippen LogP contribution in [0.5, 0.6) is 0 Å². The van der Waals surface area contributed by atoms with E-state index in [9.17, 15) is 15.3 Å². The third-order valence-corrected chi connectivity index (χ3v) is 3.60. The lowest BCUT2D eigenvalue weighted by Crippen LogP contribution is -2.25. The molecule has 0 saturated carbocycles. The van der Waals surface area contributed by atoms with Crippen molar-refractivity contribution in [1.29, 1.82) is 0 Å². The van der Waals surface area contributed by atoms with Crippen molar-refractivity contribution in [1.82, 2.24) is 5.32 Å².